The quantitative estimate of drug-likeness (QED) is 0.412. The van der Waals surface area contributed by atoms with Gasteiger partial charge in [-0.25, -0.2) is 0 Å². The average Bonchev–Trinajstić information content (AvgIpc) is 2.59. The van der Waals surface area contributed by atoms with Crippen molar-refractivity contribution in [1.82, 2.24) is 0 Å². The lowest BCUT2D eigenvalue weighted by atomic mass is 10.3. The molecule has 0 aromatic heterocycles. The van der Waals surface area contributed by atoms with Gasteiger partial charge < -0.3 is 15.8 Å². The van der Waals surface area contributed by atoms with Crippen LogP contribution in [0.4, 0.5) is 15.8 Å². The summed E-state index contributed by atoms with van der Waals surface area (Å²) in [5, 5.41) is 13.2. The third kappa shape index (κ3) is 5.45. The SMILES string of the molecule is NC(=O)CSc1ccccc1NC(=O)COc1ccc([N+](=O)[O-])c(F)c1. The number of carbonyl (C=O) groups is 2. The molecule has 3 N–H and O–H groups in total. The number of thioether (sulfide) groups is 1. The molecule has 2 aromatic rings. The Bertz CT molecular complexity index is 846. The molecule has 0 unspecified atom stereocenters. The number of ether oxygens (including phenoxy) is 1. The molecule has 0 radical (unpaired) electrons. The maximum Gasteiger partial charge on any atom is 0.305 e. The molecule has 0 fully saturated rings. The molecule has 0 heterocycles. The molecule has 0 spiro atoms. The van der Waals surface area contributed by atoms with Gasteiger partial charge in [0.2, 0.25) is 11.7 Å². The number of para-hydroxylation sites is 1. The minimum atomic E-state index is -1.05. The molecular formula is C16H14FN3O5S. The Morgan fingerprint density at radius 1 is 1.27 bits per heavy atom. The van der Waals surface area contributed by atoms with Gasteiger partial charge >= 0.3 is 5.69 Å². The van der Waals surface area contributed by atoms with Crippen LogP contribution in [0.5, 0.6) is 5.75 Å². The first-order valence-corrected chi connectivity index (χ1v) is 8.22. The van der Waals surface area contributed by atoms with E-state index in [1.54, 1.807) is 24.3 Å². The van der Waals surface area contributed by atoms with Crippen LogP contribution in [0.3, 0.4) is 0 Å². The Hall–Kier alpha value is -3.14. The lowest BCUT2D eigenvalue weighted by molar-refractivity contribution is -0.387. The minimum absolute atomic E-state index is 0.0142. The van der Waals surface area contributed by atoms with Crippen LogP contribution in [0, 0.1) is 15.9 Å². The van der Waals surface area contributed by atoms with Gasteiger partial charge in [-0.3, -0.25) is 19.7 Å². The monoisotopic (exact) mass is 379 g/mol. The van der Waals surface area contributed by atoms with E-state index in [9.17, 15) is 24.1 Å². The number of rotatable bonds is 8. The Morgan fingerprint density at radius 2 is 2.00 bits per heavy atom. The molecular weight excluding hydrogens is 365 g/mol. The summed E-state index contributed by atoms with van der Waals surface area (Å²) in [7, 11) is 0. The molecule has 8 nitrogen and oxygen atoms in total. The number of nitrogens with two attached hydrogens (primary N) is 1. The fourth-order valence-corrected chi connectivity index (χ4v) is 2.65. The Kier molecular flexibility index (Phi) is 6.50. The number of primary amides is 1. The highest BCUT2D eigenvalue weighted by Crippen LogP contribution is 2.27. The van der Waals surface area contributed by atoms with E-state index < -0.39 is 34.8 Å². The number of nitro groups is 1. The second-order valence-electron chi connectivity index (χ2n) is 4.96. The average molecular weight is 379 g/mol. The summed E-state index contributed by atoms with van der Waals surface area (Å²) in [6.45, 7) is -0.425. The van der Waals surface area contributed by atoms with Gasteiger partial charge in [-0.05, 0) is 18.2 Å². The number of nitrogens with one attached hydrogen (secondary N) is 1. The van der Waals surface area contributed by atoms with E-state index in [-0.39, 0.29) is 11.5 Å². The second kappa shape index (κ2) is 8.81. The van der Waals surface area contributed by atoms with Crippen molar-refractivity contribution in [3.8, 4) is 5.75 Å². The molecule has 2 rings (SSSR count). The summed E-state index contributed by atoms with van der Waals surface area (Å²) in [5.41, 5.74) is 4.90. The van der Waals surface area contributed by atoms with Gasteiger partial charge in [0.05, 0.1) is 16.4 Å². The first-order valence-electron chi connectivity index (χ1n) is 7.23. The molecule has 0 saturated heterocycles. The normalized spacial score (nSPS) is 10.2. The molecule has 26 heavy (non-hydrogen) atoms. The van der Waals surface area contributed by atoms with Gasteiger partial charge in [-0.1, -0.05) is 12.1 Å². The topological polar surface area (TPSA) is 125 Å². The number of nitrogens with zero attached hydrogens (tertiary/aromatic N) is 1. The number of hydrogen-bond donors (Lipinski definition) is 2. The molecule has 136 valence electrons. The summed E-state index contributed by atoms with van der Waals surface area (Å²) in [6, 6.07) is 9.81. The van der Waals surface area contributed by atoms with Crippen LogP contribution in [0.2, 0.25) is 0 Å². The first kappa shape index (κ1) is 19.2. The summed E-state index contributed by atoms with van der Waals surface area (Å²) >= 11 is 1.17. The lowest BCUT2D eigenvalue weighted by Crippen LogP contribution is -2.20. The number of benzene rings is 2. The van der Waals surface area contributed by atoms with Crippen LogP contribution >= 0.6 is 11.8 Å². The number of anilines is 1. The largest absolute Gasteiger partial charge is 0.484 e. The number of halogens is 1. The van der Waals surface area contributed by atoms with E-state index in [1.165, 1.54) is 17.8 Å². The molecule has 0 saturated carbocycles. The molecule has 2 aromatic carbocycles. The molecule has 2 amide bonds. The number of hydrogen-bond acceptors (Lipinski definition) is 6. The Morgan fingerprint density at radius 3 is 2.65 bits per heavy atom. The number of amides is 2. The number of nitro benzene ring substituents is 1. The fourth-order valence-electron chi connectivity index (χ4n) is 1.91. The van der Waals surface area contributed by atoms with Crippen LogP contribution in [0.25, 0.3) is 0 Å². The van der Waals surface area contributed by atoms with Crippen molar-refractivity contribution in [2.24, 2.45) is 5.73 Å². The van der Waals surface area contributed by atoms with Crippen LogP contribution in [0.15, 0.2) is 47.4 Å². The van der Waals surface area contributed by atoms with Crippen molar-refractivity contribution in [2.75, 3.05) is 17.7 Å². The van der Waals surface area contributed by atoms with E-state index in [0.717, 1.165) is 12.1 Å². The Labute approximate surface area is 151 Å². The van der Waals surface area contributed by atoms with Crippen molar-refractivity contribution in [1.29, 1.82) is 0 Å². The number of carbonyl (C=O) groups excluding carboxylic acids is 2. The maximum absolute atomic E-state index is 13.5. The predicted octanol–water partition coefficient (Wildman–Crippen LogP) is 2.33. The summed E-state index contributed by atoms with van der Waals surface area (Å²) in [5.74, 6) is -2.01. The van der Waals surface area contributed by atoms with Gasteiger partial charge in [0.15, 0.2) is 6.61 Å². The van der Waals surface area contributed by atoms with Crippen molar-refractivity contribution >= 4 is 35.0 Å². The smallest absolute Gasteiger partial charge is 0.305 e. The molecule has 0 atom stereocenters. The molecule has 10 heteroatoms. The fraction of sp³-hybridized carbons (Fsp3) is 0.125. The van der Waals surface area contributed by atoms with Gasteiger partial charge in [-0.15, -0.1) is 11.8 Å². The maximum atomic E-state index is 13.5. The van der Waals surface area contributed by atoms with Crippen molar-refractivity contribution < 1.29 is 23.6 Å². The Balaban J connectivity index is 1.96. The molecule has 0 aliphatic heterocycles. The van der Waals surface area contributed by atoms with E-state index in [2.05, 4.69) is 5.32 Å². The van der Waals surface area contributed by atoms with E-state index in [0.29, 0.717) is 10.6 Å². The predicted molar refractivity (Wildman–Crippen MR) is 93.5 cm³/mol. The molecule has 0 aliphatic carbocycles. The van der Waals surface area contributed by atoms with Gasteiger partial charge in [0, 0.05) is 17.0 Å². The molecule has 0 bridgehead atoms. The zero-order valence-electron chi connectivity index (χ0n) is 13.3. The van der Waals surface area contributed by atoms with E-state index in [1.807, 2.05) is 0 Å². The lowest BCUT2D eigenvalue weighted by Gasteiger charge is -2.11. The third-order valence-corrected chi connectivity index (χ3v) is 4.11. The van der Waals surface area contributed by atoms with Crippen molar-refractivity contribution in [3.05, 3.63) is 58.4 Å². The van der Waals surface area contributed by atoms with Gasteiger partial charge in [0.1, 0.15) is 5.75 Å². The standard InChI is InChI=1S/C16H14FN3O5S/c17-11-7-10(5-6-13(11)20(23)24)25-8-16(22)19-12-3-1-2-4-14(12)26-9-15(18)21/h1-7H,8-9H2,(H2,18,21)(H,19,22). The van der Waals surface area contributed by atoms with Gasteiger partial charge in [0.25, 0.3) is 5.91 Å². The highest BCUT2D eigenvalue weighted by Gasteiger charge is 2.15. The third-order valence-electron chi connectivity index (χ3n) is 3.02. The van der Waals surface area contributed by atoms with Crippen molar-refractivity contribution in [3.63, 3.8) is 0 Å². The summed E-state index contributed by atoms with van der Waals surface area (Å²) < 4.78 is 18.7. The zero-order chi connectivity index (χ0) is 19.1. The van der Waals surface area contributed by atoms with Crippen LogP contribution < -0.4 is 15.8 Å². The van der Waals surface area contributed by atoms with E-state index in [4.69, 9.17) is 10.5 Å². The van der Waals surface area contributed by atoms with Gasteiger partial charge in [-0.2, -0.15) is 4.39 Å². The molecule has 0 aliphatic rings. The van der Waals surface area contributed by atoms with Crippen LogP contribution in [-0.2, 0) is 9.59 Å². The minimum Gasteiger partial charge on any atom is -0.484 e. The van der Waals surface area contributed by atoms with E-state index >= 15 is 0 Å². The first-order chi connectivity index (χ1) is 12.4. The van der Waals surface area contributed by atoms with Crippen LogP contribution in [0.1, 0.15) is 0 Å². The van der Waals surface area contributed by atoms with Crippen LogP contribution in [-0.4, -0.2) is 29.1 Å². The highest BCUT2D eigenvalue weighted by atomic mass is 32.2. The van der Waals surface area contributed by atoms with Crippen molar-refractivity contribution in [2.45, 2.75) is 4.90 Å². The highest BCUT2D eigenvalue weighted by molar-refractivity contribution is 8.00. The summed E-state index contributed by atoms with van der Waals surface area (Å²) in [6.07, 6.45) is 0. The second-order valence-corrected chi connectivity index (χ2v) is 5.98. The summed E-state index contributed by atoms with van der Waals surface area (Å²) in [4.78, 5) is 33.2. The zero-order valence-corrected chi connectivity index (χ0v) is 14.1.